The number of rotatable bonds is 7. The maximum absolute atomic E-state index is 5.49. The van der Waals surface area contributed by atoms with Crippen LogP contribution in [0.3, 0.4) is 0 Å². The SMILES string of the molecule is CCCOc1cc(NC(CC)c2ncc[nH]2)ncn1. The lowest BCUT2D eigenvalue weighted by Crippen LogP contribution is -2.12. The molecule has 0 bridgehead atoms. The van der Waals surface area contributed by atoms with Crippen LogP contribution < -0.4 is 10.1 Å². The van der Waals surface area contributed by atoms with Gasteiger partial charge < -0.3 is 15.0 Å². The Kier molecular flexibility index (Phi) is 4.72. The van der Waals surface area contributed by atoms with Crippen LogP contribution in [0.25, 0.3) is 0 Å². The van der Waals surface area contributed by atoms with Crippen LogP contribution >= 0.6 is 0 Å². The van der Waals surface area contributed by atoms with Gasteiger partial charge in [-0.15, -0.1) is 0 Å². The monoisotopic (exact) mass is 261 g/mol. The molecule has 19 heavy (non-hydrogen) atoms. The van der Waals surface area contributed by atoms with Crippen molar-refractivity contribution in [1.29, 1.82) is 0 Å². The minimum atomic E-state index is 0.101. The highest BCUT2D eigenvalue weighted by Gasteiger charge is 2.12. The van der Waals surface area contributed by atoms with E-state index in [4.69, 9.17) is 4.74 Å². The van der Waals surface area contributed by atoms with Gasteiger partial charge in [0.1, 0.15) is 18.0 Å². The average Bonchev–Trinajstić information content (AvgIpc) is 2.97. The van der Waals surface area contributed by atoms with Crippen LogP contribution in [-0.4, -0.2) is 26.5 Å². The molecule has 2 N–H and O–H groups in total. The largest absolute Gasteiger partial charge is 0.478 e. The van der Waals surface area contributed by atoms with E-state index in [0.29, 0.717) is 12.5 Å². The van der Waals surface area contributed by atoms with Crippen LogP contribution in [0.2, 0.25) is 0 Å². The standard InChI is InChI=1S/C13H19N5O/c1-3-7-19-12-8-11(16-9-17-12)18-10(4-2)13-14-5-6-15-13/h5-6,8-10H,3-4,7H2,1-2H3,(H,14,15)(H,16,17,18). The van der Waals surface area contributed by atoms with Gasteiger partial charge in [0.2, 0.25) is 5.88 Å². The fourth-order valence-corrected chi connectivity index (χ4v) is 1.71. The van der Waals surface area contributed by atoms with Gasteiger partial charge in [-0.25, -0.2) is 15.0 Å². The number of anilines is 1. The number of nitrogens with zero attached hydrogens (tertiary/aromatic N) is 3. The number of hydrogen-bond donors (Lipinski definition) is 2. The molecule has 0 amide bonds. The predicted octanol–water partition coefficient (Wildman–Crippen LogP) is 2.55. The second-order valence-electron chi connectivity index (χ2n) is 4.17. The molecule has 0 aliphatic heterocycles. The van der Waals surface area contributed by atoms with Gasteiger partial charge in [-0.3, -0.25) is 0 Å². The fourth-order valence-electron chi connectivity index (χ4n) is 1.71. The molecule has 0 saturated carbocycles. The molecule has 0 spiro atoms. The molecule has 2 aromatic rings. The first-order valence-corrected chi connectivity index (χ1v) is 6.54. The topological polar surface area (TPSA) is 75.7 Å². The van der Waals surface area contributed by atoms with E-state index >= 15 is 0 Å². The Balaban J connectivity index is 2.05. The zero-order valence-electron chi connectivity index (χ0n) is 11.3. The van der Waals surface area contributed by atoms with Gasteiger partial charge in [0.25, 0.3) is 0 Å². The van der Waals surface area contributed by atoms with Crippen molar-refractivity contribution in [2.24, 2.45) is 0 Å². The zero-order valence-corrected chi connectivity index (χ0v) is 11.3. The van der Waals surface area contributed by atoms with Crippen molar-refractivity contribution in [2.75, 3.05) is 11.9 Å². The van der Waals surface area contributed by atoms with Crippen molar-refractivity contribution in [3.8, 4) is 5.88 Å². The van der Waals surface area contributed by atoms with E-state index in [1.807, 2.05) is 6.20 Å². The van der Waals surface area contributed by atoms with E-state index in [9.17, 15) is 0 Å². The summed E-state index contributed by atoms with van der Waals surface area (Å²) in [7, 11) is 0. The lowest BCUT2D eigenvalue weighted by Gasteiger charge is -2.15. The predicted molar refractivity (Wildman–Crippen MR) is 73.1 cm³/mol. The third-order valence-corrected chi connectivity index (χ3v) is 2.68. The van der Waals surface area contributed by atoms with Gasteiger partial charge in [-0.1, -0.05) is 13.8 Å². The summed E-state index contributed by atoms with van der Waals surface area (Å²) in [5.41, 5.74) is 0. The van der Waals surface area contributed by atoms with Crippen LogP contribution in [0.15, 0.2) is 24.8 Å². The quantitative estimate of drug-likeness (QED) is 0.801. The highest BCUT2D eigenvalue weighted by Crippen LogP contribution is 2.19. The van der Waals surface area contributed by atoms with Crippen LogP contribution in [0.4, 0.5) is 5.82 Å². The zero-order chi connectivity index (χ0) is 13.5. The summed E-state index contributed by atoms with van der Waals surface area (Å²) in [6.07, 6.45) is 6.92. The van der Waals surface area contributed by atoms with E-state index in [1.54, 1.807) is 12.3 Å². The third kappa shape index (κ3) is 3.67. The van der Waals surface area contributed by atoms with Crippen LogP contribution in [0.5, 0.6) is 5.88 Å². The summed E-state index contributed by atoms with van der Waals surface area (Å²) < 4.78 is 5.49. The van der Waals surface area contributed by atoms with Crippen LogP contribution in [0.1, 0.15) is 38.6 Å². The number of imidazole rings is 1. The Morgan fingerprint density at radius 2 is 2.21 bits per heavy atom. The van der Waals surface area contributed by atoms with E-state index in [-0.39, 0.29) is 6.04 Å². The summed E-state index contributed by atoms with van der Waals surface area (Å²) >= 11 is 0. The van der Waals surface area contributed by atoms with E-state index in [1.165, 1.54) is 6.33 Å². The Labute approximate surface area is 112 Å². The molecule has 1 atom stereocenters. The fraction of sp³-hybridized carbons (Fsp3) is 0.462. The number of aromatic nitrogens is 4. The molecule has 6 heteroatoms. The van der Waals surface area contributed by atoms with Crippen molar-refractivity contribution in [2.45, 2.75) is 32.7 Å². The summed E-state index contributed by atoms with van der Waals surface area (Å²) in [5.74, 6) is 2.23. The van der Waals surface area contributed by atoms with Gasteiger partial charge in [-0.2, -0.15) is 0 Å². The third-order valence-electron chi connectivity index (χ3n) is 2.68. The molecule has 0 aliphatic rings. The molecule has 102 valence electrons. The molecule has 0 aromatic carbocycles. The smallest absolute Gasteiger partial charge is 0.218 e. The summed E-state index contributed by atoms with van der Waals surface area (Å²) in [4.78, 5) is 15.6. The highest BCUT2D eigenvalue weighted by molar-refractivity contribution is 5.38. The minimum absolute atomic E-state index is 0.101. The molecule has 2 rings (SSSR count). The molecule has 6 nitrogen and oxygen atoms in total. The molecule has 0 saturated heterocycles. The maximum atomic E-state index is 5.49. The molecule has 0 radical (unpaired) electrons. The van der Waals surface area contributed by atoms with Gasteiger partial charge in [0.15, 0.2) is 0 Å². The molecular formula is C13H19N5O. The van der Waals surface area contributed by atoms with Crippen LogP contribution in [0, 0.1) is 0 Å². The normalized spacial score (nSPS) is 12.1. The van der Waals surface area contributed by atoms with E-state index in [0.717, 1.165) is 24.5 Å². The molecule has 2 heterocycles. The number of nitrogens with one attached hydrogen (secondary N) is 2. The van der Waals surface area contributed by atoms with Crippen molar-refractivity contribution in [1.82, 2.24) is 19.9 Å². The Bertz CT molecular complexity index is 486. The van der Waals surface area contributed by atoms with Crippen LogP contribution in [-0.2, 0) is 0 Å². The van der Waals surface area contributed by atoms with Crippen molar-refractivity contribution in [3.05, 3.63) is 30.6 Å². The van der Waals surface area contributed by atoms with Gasteiger partial charge >= 0.3 is 0 Å². The first kappa shape index (κ1) is 13.3. The second-order valence-corrected chi connectivity index (χ2v) is 4.17. The summed E-state index contributed by atoms with van der Waals surface area (Å²) in [6, 6.07) is 1.91. The van der Waals surface area contributed by atoms with Crippen molar-refractivity contribution < 1.29 is 4.74 Å². The molecule has 0 aliphatic carbocycles. The molecule has 1 unspecified atom stereocenters. The molecular weight excluding hydrogens is 242 g/mol. The van der Waals surface area contributed by atoms with Crippen molar-refractivity contribution >= 4 is 5.82 Å². The number of hydrogen-bond acceptors (Lipinski definition) is 5. The number of ether oxygens (including phenoxy) is 1. The Hall–Kier alpha value is -2.11. The summed E-state index contributed by atoms with van der Waals surface area (Å²) in [6.45, 7) is 4.81. The highest BCUT2D eigenvalue weighted by atomic mass is 16.5. The first-order valence-electron chi connectivity index (χ1n) is 6.54. The molecule has 0 fully saturated rings. The average molecular weight is 261 g/mol. The Morgan fingerprint density at radius 1 is 1.32 bits per heavy atom. The molecule has 2 aromatic heterocycles. The van der Waals surface area contributed by atoms with E-state index < -0.39 is 0 Å². The first-order chi connectivity index (χ1) is 9.33. The van der Waals surface area contributed by atoms with E-state index in [2.05, 4.69) is 39.1 Å². The van der Waals surface area contributed by atoms with Crippen molar-refractivity contribution in [3.63, 3.8) is 0 Å². The lowest BCUT2D eigenvalue weighted by molar-refractivity contribution is 0.305. The van der Waals surface area contributed by atoms with Gasteiger partial charge in [0.05, 0.1) is 12.6 Å². The van der Waals surface area contributed by atoms with Gasteiger partial charge in [-0.05, 0) is 12.8 Å². The summed E-state index contributed by atoms with van der Waals surface area (Å²) in [5, 5.41) is 3.32. The Morgan fingerprint density at radius 3 is 2.89 bits per heavy atom. The van der Waals surface area contributed by atoms with Gasteiger partial charge in [0, 0.05) is 18.5 Å². The lowest BCUT2D eigenvalue weighted by atomic mass is 10.2. The second kappa shape index (κ2) is 6.72. The minimum Gasteiger partial charge on any atom is -0.478 e. The maximum Gasteiger partial charge on any atom is 0.218 e. The number of aromatic amines is 1. The number of H-pyrrole nitrogens is 1.